The molecule has 0 amide bonds. The molecule has 6 nitrogen and oxygen atoms in total. The first-order valence-corrected chi connectivity index (χ1v) is 6.68. The lowest BCUT2D eigenvalue weighted by molar-refractivity contribution is -0.136. The van der Waals surface area contributed by atoms with Crippen LogP contribution in [0.2, 0.25) is 4.47 Å². The average Bonchev–Trinajstić information content (AvgIpc) is 2.92. The summed E-state index contributed by atoms with van der Waals surface area (Å²) in [6.45, 7) is 1.16. The Kier molecular flexibility index (Phi) is 4.52. The van der Waals surface area contributed by atoms with Gasteiger partial charge in [-0.3, -0.25) is 4.79 Å². The quantitative estimate of drug-likeness (QED) is 0.882. The van der Waals surface area contributed by atoms with Crippen molar-refractivity contribution in [1.29, 1.82) is 0 Å². The molecule has 0 unspecified atom stereocenters. The molecule has 0 fully saturated rings. The molecule has 0 aliphatic carbocycles. The van der Waals surface area contributed by atoms with E-state index in [1.54, 1.807) is 19.5 Å². The van der Waals surface area contributed by atoms with Crippen LogP contribution in [0.3, 0.4) is 0 Å². The van der Waals surface area contributed by atoms with Crippen molar-refractivity contribution in [1.82, 2.24) is 14.5 Å². The Morgan fingerprint density at radius 2 is 2.42 bits per heavy atom. The SMILES string of the molecule is COCCn1ccnc1-c1nc(Cl)sc1CC(=O)O. The number of thiazole rings is 1. The molecule has 8 heteroatoms. The number of carboxylic acid groups (broad SMARTS) is 1. The highest BCUT2D eigenvalue weighted by Crippen LogP contribution is 2.30. The van der Waals surface area contributed by atoms with Gasteiger partial charge in [-0.15, -0.1) is 11.3 Å². The van der Waals surface area contributed by atoms with Crippen LogP contribution in [0.25, 0.3) is 11.5 Å². The Balaban J connectivity index is 2.35. The van der Waals surface area contributed by atoms with Crippen LogP contribution in [0, 0.1) is 0 Å². The second-order valence-electron chi connectivity index (χ2n) is 3.75. The molecule has 2 aromatic rings. The van der Waals surface area contributed by atoms with Crippen LogP contribution >= 0.6 is 22.9 Å². The lowest BCUT2D eigenvalue weighted by Gasteiger charge is -2.06. The fourth-order valence-electron chi connectivity index (χ4n) is 1.65. The monoisotopic (exact) mass is 301 g/mol. The summed E-state index contributed by atoms with van der Waals surface area (Å²) in [6, 6.07) is 0. The Hall–Kier alpha value is -1.44. The number of methoxy groups -OCH3 is 1. The molecule has 0 aliphatic rings. The maximum atomic E-state index is 10.8. The van der Waals surface area contributed by atoms with E-state index in [-0.39, 0.29) is 6.42 Å². The van der Waals surface area contributed by atoms with Crippen molar-refractivity contribution in [3.8, 4) is 11.5 Å². The third-order valence-electron chi connectivity index (χ3n) is 2.45. The third-order valence-corrected chi connectivity index (χ3v) is 3.61. The molecule has 0 saturated heterocycles. The summed E-state index contributed by atoms with van der Waals surface area (Å²) in [7, 11) is 1.62. The summed E-state index contributed by atoms with van der Waals surface area (Å²) in [5, 5.41) is 8.90. The second-order valence-corrected chi connectivity index (χ2v) is 5.41. The smallest absolute Gasteiger partial charge is 0.308 e. The Labute approximate surface area is 118 Å². The minimum Gasteiger partial charge on any atom is -0.481 e. The molecule has 0 saturated carbocycles. The van der Waals surface area contributed by atoms with E-state index in [9.17, 15) is 4.79 Å². The van der Waals surface area contributed by atoms with E-state index >= 15 is 0 Å². The van der Waals surface area contributed by atoms with Crippen molar-refractivity contribution in [3.05, 3.63) is 21.7 Å². The molecule has 2 heterocycles. The van der Waals surface area contributed by atoms with Gasteiger partial charge in [0.2, 0.25) is 0 Å². The highest BCUT2D eigenvalue weighted by molar-refractivity contribution is 7.16. The zero-order chi connectivity index (χ0) is 13.8. The number of carbonyl (C=O) groups is 1. The van der Waals surface area contributed by atoms with Crippen molar-refractivity contribution in [2.24, 2.45) is 0 Å². The van der Waals surface area contributed by atoms with Gasteiger partial charge in [-0.1, -0.05) is 11.6 Å². The second kappa shape index (κ2) is 6.14. The van der Waals surface area contributed by atoms with Gasteiger partial charge in [-0.2, -0.15) is 0 Å². The number of imidazole rings is 1. The zero-order valence-corrected chi connectivity index (χ0v) is 11.7. The van der Waals surface area contributed by atoms with Crippen molar-refractivity contribution in [3.63, 3.8) is 0 Å². The molecule has 19 heavy (non-hydrogen) atoms. The molecule has 1 N–H and O–H groups in total. The van der Waals surface area contributed by atoms with Crippen LogP contribution < -0.4 is 0 Å². The largest absolute Gasteiger partial charge is 0.481 e. The number of halogens is 1. The van der Waals surface area contributed by atoms with Crippen molar-refractivity contribution >= 4 is 28.9 Å². The minimum absolute atomic E-state index is 0.114. The number of aromatic nitrogens is 3. The normalized spacial score (nSPS) is 10.8. The van der Waals surface area contributed by atoms with E-state index in [0.29, 0.717) is 34.0 Å². The highest BCUT2D eigenvalue weighted by Gasteiger charge is 2.18. The summed E-state index contributed by atoms with van der Waals surface area (Å²) in [5.74, 6) is -0.312. The topological polar surface area (TPSA) is 77.2 Å². The molecule has 0 bridgehead atoms. The molecule has 0 aromatic carbocycles. The Morgan fingerprint density at radius 1 is 1.63 bits per heavy atom. The van der Waals surface area contributed by atoms with E-state index < -0.39 is 5.97 Å². The number of carboxylic acids is 1. The first-order valence-electron chi connectivity index (χ1n) is 5.49. The number of rotatable bonds is 6. The van der Waals surface area contributed by atoms with Gasteiger partial charge in [-0.05, 0) is 0 Å². The van der Waals surface area contributed by atoms with Gasteiger partial charge in [0.1, 0.15) is 5.69 Å². The standard InChI is InChI=1S/C11H12ClN3O3S/c1-18-5-4-15-3-2-13-10(15)9-7(6-8(16)17)19-11(12)14-9/h2-3H,4-6H2,1H3,(H,16,17). The van der Waals surface area contributed by atoms with Crippen LogP contribution in [-0.2, 0) is 22.5 Å². The number of ether oxygens (including phenoxy) is 1. The number of hydrogen-bond acceptors (Lipinski definition) is 5. The summed E-state index contributed by atoms with van der Waals surface area (Å²) in [4.78, 5) is 19.8. The van der Waals surface area contributed by atoms with E-state index in [1.807, 2.05) is 4.57 Å². The van der Waals surface area contributed by atoms with Crippen LogP contribution in [0.4, 0.5) is 0 Å². The molecule has 0 spiro atoms. The fraction of sp³-hybridized carbons (Fsp3) is 0.364. The molecular weight excluding hydrogens is 290 g/mol. The molecule has 0 aliphatic heterocycles. The van der Waals surface area contributed by atoms with Crippen LogP contribution in [0.1, 0.15) is 4.88 Å². The van der Waals surface area contributed by atoms with E-state index in [2.05, 4.69) is 9.97 Å². The average molecular weight is 302 g/mol. The molecule has 2 rings (SSSR count). The summed E-state index contributed by atoms with van der Waals surface area (Å²) in [5.41, 5.74) is 0.526. The van der Waals surface area contributed by atoms with Gasteiger partial charge >= 0.3 is 5.97 Å². The van der Waals surface area contributed by atoms with Crippen LogP contribution in [0.5, 0.6) is 0 Å². The summed E-state index contributed by atoms with van der Waals surface area (Å²) in [6.07, 6.45) is 3.33. The zero-order valence-electron chi connectivity index (χ0n) is 10.2. The fourth-order valence-corrected chi connectivity index (χ4v) is 2.78. The van der Waals surface area contributed by atoms with Crippen molar-refractivity contribution < 1.29 is 14.6 Å². The lowest BCUT2D eigenvalue weighted by Crippen LogP contribution is -2.07. The third kappa shape index (κ3) is 3.31. The Morgan fingerprint density at radius 3 is 3.11 bits per heavy atom. The van der Waals surface area contributed by atoms with Gasteiger partial charge in [0.25, 0.3) is 0 Å². The van der Waals surface area contributed by atoms with Crippen molar-refractivity contribution in [2.75, 3.05) is 13.7 Å². The molecule has 102 valence electrons. The predicted octanol–water partition coefficient (Wildman–Crippen LogP) is 1.93. The van der Waals surface area contributed by atoms with Gasteiger partial charge in [-0.25, -0.2) is 9.97 Å². The highest BCUT2D eigenvalue weighted by atomic mass is 35.5. The lowest BCUT2D eigenvalue weighted by atomic mass is 10.2. The number of hydrogen-bond donors (Lipinski definition) is 1. The first kappa shape index (κ1) is 14.0. The van der Waals surface area contributed by atoms with Gasteiger partial charge in [0.15, 0.2) is 10.3 Å². The van der Waals surface area contributed by atoms with E-state index in [4.69, 9.17) is 21.4 Å². The molecule has 2 aromatic heterocycles. The summed E-state index contributed by atoms with van der Waals surface area (Å²) >= 11 is 7.04. The molecule has 0 atom stereocenters. The minimum atomic E-state index is -0.920. The van der Waals surface area contributed by atoms with E-state index in [1.165, 1.54) is 0 Å². The van der Waals surface area contributed by atoms with E-state index in [0.717, 1.165) is 11.3 Å². The molecular formula is C11H12ClN3O3S. The maximum absolute atomic E-state index is 10.8. The number of nitrogens with zero attached hydrogens (tertiary/aromatic N) is 3. The van der Waals surface area contributed by atoms with Gasteiger partial charge in [0.05, 0.1) is 13.0 Å². The van der Waals surface area contributed by atoms with Gasteiger partial charge < -0.3 is 14.4 Å². The van der Waals surface area contributed by atoms with Crippen LogP contribution in [0.15, 0.2) is 12.4 Å². The van der Waals surface area contributed by atoms with Crippen molar-refractivity contribution in [2.45, 2.75) is 13.0 Å². The Bertz CT molecular complexity index is 582. The van der Waals surface area contributed by atoms with Gasteiger partial charge in [0, 0.05) is 30.9 Å². The predicted molar refractivity (Wildman–Crippen MR) is 71.6 cm³/mol. The first-order chi connectivity index (χ1) is 9.11. The maximum Gasteiger partial charge on any atom is 0.308 e. The molecule has 0 radical (unpaired) electrons. The summed E-state index contributed by atoms with van der Waals surface area (Å²) < 4.78 is 7.19. The van der Waals surface area contributed by atoms with Crippen LogP contribution in [-0.4, -0.2) is 39.3 Å². The number of aliphatic carboxylic acids is 1.